The zero-order valence-electron chi connectivity index (χ0n) is 18.8. The Balaban J connectivity index is 2.09. The zero-order valence-corrected chi connectivity index (χ0v) is 19.6. The predicted molar refractivity (Wildman–Crippen MR) is 129 cm³/mol. The number of hydrogen-bond acceptors (Lipinski definition) is 5. The number of benzene rings is 3. The average Bonchev–Trinajstić information content (AvgIpc) is 2.84. The van der Waals surface area contributed by atoms with Crippen LogP contribution in [0, 0.1) is 0 Å². The van der Waals surface area contributed by atoms with Crippen LogP contribution in [0.25, 0.3) is 11.1 Å². The van der Waals surface area contributed by atoms with E-state index in [4.69, 9.17) is 9.47 Å². The van der Waals surface area contributed by atoms with Crippen molar-refractivity contribution in [1.82, 2.24) is 4.90 Å². The van der Waals surface area contributed by atoms with E-state index in [0.717, 1.165) is 11.1 Å². The van der Waals surface area contributed by atoms with E-state index < -0.39 is 10.0 Å². The molecule has 170 valence electrons. The molecule has 0 aliphatic rings. The van der Waals surface area contributed by atoms with Gasteiger partial charge in [0.05, 0.1) is 24.3 Å². The lowest BCUT2D eigenvalue weighted by Gasteiger charge is -2.29. The van der Waals surface area contributed by atoms with Crippen LogP contribution in [0.1, 0.15) is 0 Å². The standard InChI is InChI=1S/C25H30N2O4S/c1-26(18-19-30-2)16-17-27(32(28,29)23-12-8-5-9-13-23)25-15-14-22(31-3)20-24(25)21-10-6-4-7-11-21/h4-15,20H,16-19H2,1-3H3. The van der Waals surface area contributed by atoms with Crippen LogP contribution in [0.2, 0.25) is 0 Å². The summed E-state index contributed by atoms with van der Waals surface area (Å²) in [6.45, 7) is 2.14. The van der Waals surface area contributed by atoms with E-state index in [1.54, 1.807) is 44.6 Å². The topological polar surface area (TPSA) is 59.1 Å². The lowest BCUT2D eigenvalue weighted by Crippen LogP contribution is -2.38. The van der Waals surface area contributed by atoms with E-state index in [0.29, 0.717) is 37.7 Å². The van der Waals surface area contributed by atoms with Crippen LogP contribution in [0.15, 0.2) is 83.8 Å². The van der Waals surface area contributed by atoms with E-state index in [1.165, 1.54) is 4.31 Å². The summed E-state index contributed by atoms with van der Waals surface area (Å²) >= 11 is 0. The Hall–Kier alpha value is -2.87. The molecule has 0 saturated carbocycles. The van der Waals surface area contributed by atoms with Crippen molar-refractivity contribution in [1.29, 1.82) is 0 Å². The van der Waals surface area contributed by atoms with Gasteiger partial charge in [-0.05, 0) is 42.9 Å². The summed E-state index contributed by atoms with van der Waals surface area (Å²) < 4.78 is 39.6. The third-order valence-electron chi connectivity index (χ3n) is 5.25. The first-order valence-corrected chi connectivity index (χ1v) is 11.9. The van der Waals surface area contributed by atoms with Gasteiger partial charge in [-0.3, -0.25) is 4.31 Å². The van der Waals surface area contributed by atoms with Gasteiger partial charge in [0.2, 0.25) is 0 Å². The molecule has 0 amide bonds. The Bertz CT molecular complexity index is 1090. The summed E-state index contributed by atoms with van der Waals surface area (Å²) in [7, 11) is 1.43. The van der Waals surface area contributed by atoms with Gasteiger partial charge in [0.1, 0.15) is 5.75 Å². The fourth-order valence-electron chi connectivity index (χ4n) is 3.42. The highest BCUT2D eigenvalue weighted by atomic mass is 32.2. The van der Waals surface area contributed by atoms with Gasteiger partial charge < -0.3 is 14.4 Å². The highest BCUT2D eigenvalue weighted by Crippen LogP contribution is 2.36. The molecule has 0 saturated heterocycles. The second kappa shape index (κ2) is 11.1. The van der Waals surface area contributed by atoms with Crippen molar-refractivity contribution in [2.45, 2.75) is 4.90 Å². The molecule has 32 heavy (non-hydrogen) atoms. The number of rotatable bonds is 11. The largest absolute Gasteiger partial charge is 0.497 e. The summed E-state index contributed by atoms with van der Waals surface area (Å²) in [6, 6.07) is 23.8. The van der Waals surface area contributed by atoms with Crippen LogP contribution >= 0.6 is 0 Å². The zero-order chi connectivity index (χ0) is 23.0. The van der Waals surface area contributed by atoms with Gasteiger partial charge in [-0.25, -0.2) is 8.42 Å². The number of nitrogens with zero attached hydrogens (tertiary/aromatic N) is 2. The highest BCUT2D eigenvalue weighted by Gasteiger charge is 2.27. The number of likely N-dealkylation sites (N-methyl/N-ethyl adjacent to an activating group) is 1. The molecule has 3 rings (SSSR count). The molecule has 0 atom stereocenters. The van der Waals surface area contributed by atoms with Crippen molar-refractivity contribution in [2.75, 3.05) is 51.8 Å². The highest BCUT2D eigenvalue weighted by molar-refractivity contribution is 7.92. The van der Waals surface area contributed by atoms with Gasteiger partial charge in [-0.15, -0.1) is 0 Å². The molecule has 0 spiro atoms. The van der Waals surface area contributed by atoms with Gasteiger partial charge in [0.25, 0.3) is 10.0 Å². The molecule has 0 bridgehead atoms. The van der Waals surface area contributed by atoms with Crippen LogP contribution in [0.4, 0.5) is 5.69 Å². The van der Waals surface area contributed by atoms with E-state index in [9.17, 15) is 8.42 Å². The van der Waals surface area contributed by atoms with E-state index in [1.807, 2.05) is 55.6 Å². The van der Waals surface area contributed by atoms with Crippen LogP contribution in [-0.2, 0) is 14.8 Å². The number of anilines is 1. The lowest BCUT2D eigenvalue weighted by molar-refractivity contribution is 0.163. The summed E-state index contributed by atoms with van der Waals surface area (Å²) in [5.41, 5.74) is 2.33. The molecule has 6 nitrogen and oxygen atoms in total. The normalized spacial score (nSPS) is 11.5. The maximum Gasteiger partial charge on any atom is 0.264 e. The van der Waals surface area contributed by atoms with Crippen molar-refractivity contribution < 1.29 is 17.9 Å². The summed E-state index contributed by atoms with van der Waals surface area (Å²) in [4.78, 5) is 2.32. The monoisotopic (exact) mass is 454 g/mol. The molecule has 7 heteroatoms. The molecule has 0 fully saturated rings. The van der Waals surface area contributed by atoms with E-state index >= 15 is 0 Å². The Labute approximate surface area is 191 Å². The van der Waals surface area contributed by atoms with E-state index in [2.05, 4.69) is 4.90 Å². The van der Waals surface area contributed by atoms with Gasteiger partial charge in [0.15, 0.2) is 0 Å². The number of methoxy groups -OCH3 is 2. The average molecular weight is 455 g/mol. The van der Waals surface area contributed by atoms with Gasteiger partial charge >= 0.3 is 0 Å². The predicted octanol–water partition coefficient (Wildman–Crippen LogP) is 4.14. The van der Waals surface area contributed by atoms with Crippen molar-refractivity contribution in [2.24, 2.45) is 0 Å². The van der Waals surface area contributed by atoms with Gasteiger partial charge in [-0.2, -0.15) is 0 Å². The molecule has 0 aromatic heterocycles. The van der Waals surface area contributed by atoms with Gasteiger partial charge in [0, 0.05) is 32.3 Å². The smallest absolute Gasteiger partial charge is 0.264 e. The van der Waals surface area contributed by atoms with E-state index in [-0.39, 0.29) is 4.90 Å². The summed E-state index contributed by atoms with van der Waals surface area (Å²) in [6.07, 6.45) is 0. The number of sulfonamides is 1. The third-order valence-corrected chi connectivity index (χ3v) is 7.08. The molecular formula is C25H30N2O4S. The molecule has 0 unspecified atom stereocenters. The van der Waals surface area contributed by atoms with Gasteiger partial charge in [-0.1, -0.05) is 48.5 Å². The molecule has 3 aromatic carbocycles. The first kappa shape index (κ1) is 23.8. The molecule has 0 heterocycles. The first-order valence-electron chi connectivity index (χ1n) is 10.5. The van der Waals surface area contributed by atoms with Crippen molar-refractivity contribution in [3.8, 4) is 16.9 Å². The minimum Gasteiger partial charge on any atom is -0.497 e. The Morgan fingerprint density at radius 2 is 1.47 bits per heavy atom. The Morgan fingerprint density at radius 1 is 0.812 bits per heavy atom. The molecular weight excluding hydrogens is 424 g/mol. The fraction of sp³-hybridized carbons (Fsp3) is 0.280. The minimum atomic E-state index is -3.79. The fourth-order valence-corrected chi connectivity index (χ4v) is 4.91. The molecule has 0 aliphatic carbocycles. The van der Waals surface area contributed by atoms with Crippen molar-refractivity contribution >= 4 is 15.7 Å². The quantitative estimate of drug-likeness (QED) is 0.436. The summed E-state index contributed by atoms with van der Waals surface area (Å²) in [5, 5.41) is 0. The molecule has 0 radical (unpaired) electrons. The van der Waals surface area contributed by atoms with Crippen LogP contribution < -0.4 is 9.04 Å². The lowest BCUT2D eigenvalue weighted by atomic mass is 10.0. The first-order chi connectivity index (χ1) is 15.5. The van der Waals surface area contributed by atoms with Crippen LogP contribution in [-0.4, -0.2) is 60.8 Å². The molecule has 0 N–H and O–H groups in total. The molecule has 3 aromatic rings. The maximum absolute atomic E-state index is 13.7. The minimum absolute atomic E-state index is 0.259. The number of hydrogen-bond donors (Lipinski definition) is 0. The van der Waals surface area contributed by atoms with Crippen molar-refractivity contribution in [3.63, 3.8) is 0 Å². The maximum atomic E-state index is 13.7. The van der Waals surface area contributed by atoms with Crippen LogP contribution in [0.5, 0.6) is 5.75 Å². The Kier molecular flexibility index (Phi) is 8.27. The number of ether oxygens (including phenoxy) is 2. The van der Waals surface area contributed by atoms with Crippen molar-refractivity contribution in [3.05, 3.63) is 78.9 Å². The van der Waals surface area contributed by atoms with Crippen LogP contribution in [0.3, 0.4) is 0 Å². The second-order valence-electron chi connectivity index (χ2n) is 7.44. The second-order valence-corrected chi connectivity index (χ2v) is 9.30. The SMILES string of the molecule is COCCN(C)CCN(c1ccc(OC)cc1-c1ccccc1)S(=O)(=O)c1ccccc1. The third kappa shape index (κ3) is 5.68. The summed E-state index contributed by atoms with van der Waals surface area (Å²) in [5.74, 6) is 0.668. The Morgan fingerprint density at radius 3 is 2.09 bits per heavy atom. The molecule has 0 aliphatic heterocycles.